The number of imidazole rings is 2. The summed E-state index contributed by atoms with van der Waals surface area (Å²) in [5.41, 5.74) is 15.5. The van der Waals surface area contributed by atoms with Gasteiger partial charge in [-0.2, -0.15) is 10.2 Å². The maximum absolute atomic E-state index is 13.8. The minimum Gasteiger partial charge on any atom is -0.494 e. The summed E-state index contributed by atoms with van der Waals surface area (Å²) < 4.78 is 18.6. The van der Waals surface area contributed by atoms with Gasteiger partial charge in [-0.3, -0.25) is 39.2 Å². The molecule has 2 aromatic carbocycles. The van der Waals surface area contributed by atoms with E-state index in [9.17, 15) is 19.2 Å². The lowest BCUT2D eigenvalue weighted by molar-refractivity contribution is 0.0991. The van der Waals surface area contributed by atoms with E-state index in [1.807, 2.05) is 26.0 Å². The summed E-state index contributed by atoms with van der Waals surface area (Å²) in [4.78, 5) is 61.7. The van der Waals surface area contributed by atoms with Crippen molar-refractivity contribution >= 4 is 57.6 Å². The molecule has 0 spiro atoms. The smallest absolute Gasteiger partial charge is 0.276 e. The highest BCUT2D eigenvalue weighted by Crippen LogP contribution is 2.33. The van der Waals surface area contributed by atoms with Crippen molar-refractivity contribution in [2.75, 3.05) is 37.4 Å². The van der Waals surface area contributed by atoms with Crippen molar-refractivity contribution in [3.8, 4) is 23.3 Å². The van der Waals surface area contributed by atoms with Crippen LogP contribution in [-0.4, -0.2) is 89.1 Å². The van der Waals surface area contributed by atoms with Gasteiger partial charge in [0, 0.05) is 43.7 Å². The van der Waals surface area contributed by atoms with Crippen molar-refractivity contribution in [3.63, 3.8) is 0 Å². The first kappa shape index (κ1) is 43.6. The van der Waals surface area contributed by atoms with Crippen LogP contribution in [0.1, 0.15) is 86.2 Å². The minimum atomic E-state index is -0.677. The van der Waals surface area contributed by atoms with Crippen LogP contribution < -0.4 is 36.9 Å². The molecule has 1 fully saturated rings. The number of hydrogen-bond acceptors (Lipinski definition) is 11. The van der Waals surface area contributed by atoms with Crippen molar-refractivity contribution in [2.24, 2.45) is 17.4 Å². The molecule has 7 N–H and O–H groups in total. The van der Waals surface area contributed by atoms with Crippen molar-refractivity contribution in [3.05, 3.63) is 82.5 Å². The summed E-state index contributed by atoms with van der Waals surface area (Å²) in [5.74, 6) is 5.63. The number of rotatable bonds is 16. The van der Waals surface area contributed by atoms with Gasteiger partial charge in [-0.05, 0) is 95.9 Å². The summed E-state index contributed by atoms with van der Waals surface area (Å²) in [6.45, 7) is 10.6. The molecule has 0 aliphatic carbocycles. The van der Waals surface area contributed by atoms with Gasteiger partial charge in [-0.25, -0.2) is 9.97 Å². The van der Waals surface area contributed by atoms with E-state index in [1.54, 1.807) is 56.6 Å². The standard InChI is InChI=1S/C44H51N13O6/c1-6-56-33(20-26(3)52-56)41(60)50-43-48-31-22-29(39(45)58)24-35(62-5)37(31)54(43)17-9-10-18-55-38-32(49-44(55)51-42(61)34-21-27(4)53-57(34)7-2)23-30(40(46)59)25-36(38)63-19-11-8-12-28-13-15-47-16-14-28/h9-10,20-25,28,47H,6-7,12-19H2,1-5H3,(H2,45,58)(H2,46,59)(H,48,50,60)(H,49,51,61)/b10-9+. The van der Waals surface area contributed by atoms with Crippen LogP contribution in [0.25, 0.3) is 22.1 Å². The Morgan fingerprint density at radius 3 is 1.73 bits per heavy atom. The Bertz CT molecular complexity index is 2810. The Kier molecular flexibility index (Phi) is 13.2. The van der Waals surface area contributed by atoms with Crippen LogP contribution in [0.15, 0.2) is 48.6 Å². The Morgan fingerprint density at radius 2 is 1.25 bits per heavy atom. The first-order valence-electron chi connectivity index (χ1n) is 20.8. The zero-order valence-electron chi connectivity index (χ0n) is 35.9. The highest BCUT2D eigenvalue weighted by atomic mass is 16.5. The summed E-state index contributed by atoms with van der Waals surface area (Å²) >= 11 is 0. The number of aryl methyl sites for hydroxylation is 4. The number of anilines is 2. The fourth-order valence-corrected chi connectivity index (χ4v) is 7.65. The van der Waals surface area contributed by atoms with E-state index >= 15 is 0 Å². The molecule has 7 rings (SSSR count). The average molecular weight is 858 g/mol. The van der Waals surface area contributed by atoms with Gasteiger partial charge < -0.3 is 35.4 Å². The molecule has 1 aliphatic heterocycles. The number of ether oxygens (including phenoxy) is 2. The second kappa shape index (κ2) is 19.1. The average Bonchev–Trinajstić information content (AvgIpc) is 4.04. The molecule has 4 aromatic heterocycles. The van der Waals surface area contributed by atoms with Crippen LogP contribution in [0.5, 0.6) is 11.5 Å². The second-order valence-electron chi connectivity index (χ2n) is 15.1. The van der Waals surface area contributed by atoms with Crippen LogP contribution in [0.4, 0.5) is 11.9 Å². The number of carbonyl (C=O) groups is 4. The number of methoxy groups -OCH3 is 1. The third-order valence-corrected chi connectivity index (χ3v) is 10.7. The molecule has 0 unspecified atom stereocenters. The first-order chi connectivity index (χ1) is 30.4. The Balaban J connectivity index is 1.26. The minimum absolute atomic E-state index is 0.0417. The van der Waals surface area contributed by atoms with Gasteiger partial charge in [0.25, 0.3) is 11.8 Å². The molecule has 0 bridgehead atoms. The van der Waals surface area contributed by atoms with E-state index in [1.165, 1.54) is 19.2 Å². The van der Waals surface area contributed by atoms with Crippen LogP contribution in [0.2, 0.25) is 0 Å². The quantitative estimate of drug-likeness (QED) is 0.0683. The van der Waals surface area contributed by atoms with Gasteiger partial charge in [-0.15, -0.1) is 0 Å². The van der Waals surface area contributed by atoms with Gasteiger partial charge >= 0.3 is 0 Å². The van der Waals surface area contributed by atoms with Crippen molar-refractivity contribution in [2.45, 2.75) is 73.1 Å². The molecule has 4 amide bonds. The van der Waals surface area contributed by atoms with Gasteiger partial charge in [0.15, 0.2) is 0 Å². The lowest BCUT2D eigenvalue weighted by atomic mass is 9.95. The maximum Gasteiger partial charge on any atom is 0.276 e. The summed E-state index contributed by atoms with van der Waals surface area (Å²) in [6.07, 6.45) is 6.58. The summed E-state index contributed by atoms with van der Waals surface area (Å²) in [6, 6.07) is 9.54. The molecule has 1 saturated heterocycles. The molecular weight excluding hydrogens is 807 g/mol. The number of fused-ring (bicyclic) bond motifs is 2. The summed E-state index contributed by atoms with van der Waals surface area (Å²) in [5, 5.41) is 18.1. The lowest BCUT2D eigenvalue weighted by Crippen LogP contribution is -2.27. The predicted molar refractivity (Wildman–Crippen MR) is 237 cm³/mol. The zero-order chi connectivity index (χ0) is 44.8. The van der Waals surface area contributed by atoms with Crippen molar-refractivity contribution in [1.29, 1.82) is 0 Å². The van der Waals surface area contributed by atoms with E-state index in [4.69, 9.17) is 30.9 Å². The number of piperidine rings is 1. The number of nitrogens with two attached hydrogens (primary N) is 2. The molecule has 19 heteroatoms. The highest BCUT2D eigenvalue weighted by molar-refractivity contribution is 6.05. The van der Waals surface area contributed by atoms with Gasteiger partial charge in [-0.1, -0.05) is 24.0 Å². The fraction of sp³-hybridized carbons (Fsp3) is 0.364. The molecule has 1 aliphatic rings. The SMILES string of the molecule is CCn1nc(C)cc1C(=O)Nc1nc2cc(C(N)=O)cc(OC)c2n1C/C=C/Cn1c(NC(=O)c2cc(C)nn2CC)nc2cc(C(N)=O)cc(OCC#CCC3CCNCC3)c21. The molecule has 19 nitrogen and oxygen atoms in total. The number of hydrogen-bond donors (Lipinski definition) is 5. The Labute approximate surface area is 363 Å². The van der Waals surface area contributed by atoms with Gasteiger partial charge in [0.05, 0.1) is 29.5 Å². The Morgan fingerprint density at radius 1 is 0.762 bits per heavy atom. The van der Waals surface area contributed by atoms with E-state index in [2.05, 4.69) is 38.0 Å². The topological polar surface area (TPSA) is 246 Å². The summed E-state index contributed by atoms with van der Waals surface area (Å²) in [7, 11) is 1.46. The molecule has 328 valence electrons. The lowest BCUT2D eigenvalue weighted by Gasteiger charge is -2.20. The predicted octanol–water partition coefficient (Wildman–Crippen LogP) is 4.17. The molecular formula is C44H51N13O6. The molecule has 0 radical (unpaired) electrons. The van der Waals surface area contributed by atoms with Crippen LogP contribution in [-0.2, 0) is 26.2 Å². The van der Waals surface area contributed by atoms with E-state index in [0.717, 1.165) is 32.4 Å². The number of amides is 4. The van der Waals surface area contributed by atoms with Gasteiger partial charge in [0.2, 0.25) is 23.7 Å². The van der Waals surface area contributed by atoms with Crippen LogP contribution >= 0.6 is 0 Å². The maximum atomic E-state index is 13.8. The second-order valence-corrected chi connectivity index (χ2v) is 15.1. The number of nitrogens with zero attached hydrogens (tertiary/aromatic N) is 8. The number of primary amides is 2. The molecule has 0 saturated carbocycles. The van der Waals surface area contributed by atoms with E-state index in [-0.39, 0.29) is 42.7 Å². The largest absolute Gasteiger partial charge is 0.494 e. The number of carbonyl (C=O) groups excluding carboxylic acids is 4. The zero-order valence-corrected chi connectivity index (χ0v) is 35.9. The molecule has 6 aromatic rings. The van der Waals surface area contributed by atoms with Crippen molar-refractivity contribution < 1.29 is 28.7 Å². The monoisotopic (exact) mass is 857 g/mol. The molecule has 63 heavy (non-hydrogen) atoms. The van der Waals surface area contributed by atoms with Crippen LogP contribution in [0, 0.1) is 31.6 Å². The van der Waals surface area contributed by atoms with Gasteiger partial charge in [0.1, 0.15) is 40.5 Å². The number of benzene rings is 2. The van der Waals surface area contributed by atoms with Crippen LogP contribution in [0.3, 0.4) is 0 Å². The fourth-order valence-electron chi connectivity index (χ4n) is 7.65. The molecule has 0 atom stereocenters. The Hall–Kier alpha value is -7.46. The number of aromatic nitrogens is 8. The highest BCUT2D eigenvalue weighted by Gasteiger charge is 2.24. The van der Waals surface area contributed by atoms with E-state index in [0.29, 0.717) is 75.3 Å². The third-order valence-electron chi connectivity index (χ3n) is 10.7. The molecule has 5 heterocycles. The van der Waals surface area contributed by atoms with E-state index < -0.39 is 23.6 Å². The first-order valence-corrected chi connectivity index (χ1v) is 20.8. The number of nitrogens with one attached hydrogen (secondary N) is 3. The number of allylic oxidation sites excluding steroid dienone is 2. The van der Waals surface area contributed by atoms with Crippen molar-refractivity contribution in [1.82, 2.24) is 44.0 Å². The third kappa shape index (κ3) is 9.55. The normalized spacial score (nSPS) is 13.0.